The number of benzene rings is 1. The summed E-state index contributed by atoms with van der Waals surface area (Å²) < 4.78 is 13.5. The molecule has 3 rings (SSSR count). The lowest BCUT2D eigenvalue weighted by Gasteiger charge is -2.11. The van der Waals surface area contributed by atoms with E-state index in [2.05, 4.69) is 39.4 Å². The summed E-state index contributed by atoms with van der Waals surface area (Å²) >= 11 is 1.77. The minimum absolute atomic E-state index is 0. The first-order chi connectivity index (χ1) is 13.1. The molecule has 2 heterocycles. The summed E-state index contributed by atoms with van der Waals surface area (Å²) in [6.45, 7) is 5.77. The molecule has 0 saturated carbocycles. The van der Waals surface area contributed by atoms with E-state index in [1.165, 1.54) is 16.6 Å². The Kier molecular flexibility index (Phi) is 8.68. The van der Waals surface area contributed by atoms with E-state index in [0.29, 0.717) is 0 Å². The molecule has 3 aromatic rings. The first-order valence-corrected chi connectivity index (χ1v) is 10.1. The molecule has 8 heteroatoms. The Labute approximate surface area is 186 Å². The highest BCUT2D eigenvalue weighted by atomic mass is 127. The van der Waals surface area contributed by atoms with Crippen LogP contribution >= 0.6 is 35.3 Å². The summed E-state index contributed by atoms with van der Waals surface area (Å²) in [5.41, 5.74) is 3.25. The summed E-state index contributed by atoms with van der Waals surface area (Å²) in [5.74, 6) is 0.558. The summed E-state index contributed by atoms with van der Waals surface area (Å²) in [4.78, 5) is 13.4. The van der Waals surface area contributed by atoms with Gasteiger partial charge in [-0.25, -0.2) is 9.37 Å². The highest BCUT2D eigenvalue weighted by Gasteiger charge is 2.07. The Morgan fingerprint density at radius 3 is 2.68 bits per heavy atom. The number of aryl methyl sites for hydroxylation is 2. The number of nitrogens with zero attached hydrogens (tertiary/aromatic N) is 2. The Hall–Kier alpha value is -1.68. The SMILES string of the molecule is CCc1nc(CCNC(=NC)NCCc2c[nH]c3ccc(F)cc23)sc1C.I. The smallest absolute Gasteiger partial charge is 0.191 e. The summed E-state index contributed by atoms with van der Waals surface area (Å²) in [6.07, 6.45) is 4.60. The van der Waals surface area contributed by atoms with Crippen LogP contribution in [0.2, 0.25) is 0 Å². The van der Waals surface area contributed by atoms with Crippen LogP contribution in [-0.4, -0.2) is 36.1 Å². The molecule has 0 aliphatic rings. The van der Waals surface area contributed by atoms with Gasteiger partial charge in [-0.1, -0.05) is 6.92 Å². The molecule has 28 heavy (non-hydrogen) atoms. The molecule has 2 aromatic heterocycles. The average molecular weight is 515 g/mol. The van der Waals surface area contributed by atoms with Crippen LogP contribution in [0.15, 0.2) is 29.4 Å². The number of hydrogen-bond donors (Lipinski definition) is 3. The van der Waals surface area contributed by atoms with E-state index in [9.17, 15) is 4.39 Å². The van der Waals surface area contributed by atoms with E-state index >= 15 is 0 Å². The number of H-pyrrole nitrogens is 1. The molecule has 0 bridgehead atoms. The number of guanidine groups is 1. The molecule has 3 N–H and O–H groups in total. The van der Waals surface area contributed by atoms with Gasteiger partial charge in [-0.2, -0.15) is 0 Å². The average Bonchev–Trinajstić information content (AvgIpc) is 3.23. The van der Waals surface area contributed by atoms with Crippen molar-refractivity contribution < 1.29 is 4.39 Å². The van der Waals surface area contributed by atoms with Crippen LogP contribution in [0.1, 0.15) is 28.1 Å². The molecule has 152 valence electrons. The van der Waals surface area contributed by atoms with Crippen molar-refractivity contribution in [3.63, 3.8) is 0 Å². The van der Waals surface area contributed by atoms with Gasteiger partial charge in [-0.05, 0) is 43.5 Å². The Morgan fingerprint density at radius 1 is 1.25 bits per heavy atom. The van der Waals surface area contributed by atoms with Gasteiger partial charge in [-0.15, -0.1) is 35.3 Å². The van der Waals surface area contributed by atoms with Gasteiger partial charge in [0.05, 0.1) is 10.7 Å². The molecule has 5 nitrogen and oxygen atoms in total. The predicted molar refractivity (Wildman–Crippen MR) is 127 cm³/mol. The van der Waals surface area contributed by atoms with Crippen molar-refractivity contribution in [2.24, 2.45) is 4.99 Å². The number of aromatic amines is 1. The summed E-state index contributed by atoms with van der Waals surface area (Å²) in [6, 6.07) is 4.82. The zero-order chi connectivity index (χ0) is 19.2. The highest BCUT2D eigenvalue weighted by Crippen LogP contribution is 2.20. The number of rotatable bonds is 7. The van der Waals surface area contributed by atoms with E-state index < -0.39 is 0 Å². The van der Waals surface area contributed by atoms with Crippen molar-refractivity contribution in [2.45, 2.75) is 33.1 Å². The lowest BCUT2D eigenvalue weighted by Crippen LogP contribution is -2.39. The number of thiazole rings is 1. The minimum Gasteiger partial charge on any atom is -0.361 e. The van der Waals surface area contributed by atoms with Gasteiger partial charge in [0, 0.05) is 48.5 Å². The first kappa shape index (κ1) is 22.6. The molecular formula is C20H27FIN5S. The van der Waals surface area contributed by atoms with Crippen molar-refractivity contribution in [3.05, 3.63) is 51.4 Å². The van der Waals surface area contributed by atoms with Crippen LogP contribution in [0.25, 0.3) is 10.9 Å². The fourth-order valence-electron chi connectivity index (χ4n) is 3.10. The van der Waals surface area contributed by atoms with E-state index in [1.54, 1.807) is 30.5 Å². The van der Waals surface area contributed by atoms with Crippen LogP contribution in [0.4, 0.5) is 4.39 Å². The van der Waals surface area contributed by atoms with Crippen LogP contribution in [0, 0.1) is 12.7 Å². The van der Waals surface area contributed by atoms with Crippen LogP contribution in [-0.2, 0) is 19.3 Å². The molecule has 0 atom stereocenters. The van der Waals surface area contributed by atoms with Gasteiger partial charge in [0.1, 0.15) is 5.82 Å². The van der Waals surface area contributed by atoms with Crippen LogP contribution in [0.5, 0.6) is 0 Å². The molecule has 0 aliphatic heterocycles. The predicted octanol–water partition coefficient (Wildman–Crippen LogP) is 4.20. The van der Waals surface area contributed by atoms with E-state index in [1.807, 2.05) is 6.20 Å². The van der Waals surface area contributed by atoms with Gasteiger partial charge < -0.3 is 15.6 Å². The van der Waals surface area contributed by atoms with Crippen molar-refractivity contribution in [2.75, 3.05) is 20.1 Å². The monoisotopic (exact) mass is 515 g/mol. The number of nitrogens with one attached hydrogen (secondary N) is 3. The maximum Gasteiger partial charge on any atom is 0.191 e. The van der Waals surface area contributed by atoms with Gasteiger partial charge in [0.25, 0.3) is 0 Å². The molecular weight excluding hydrogens is 488 g/mol. The molecule has 0 fully saturated rings. The Morgan fingerprint density at radius 2 is 2.00 bits per heavy atom. The molecule has 0 spiro atoms. The van der Waals surface area contributed by atoms with Crippen molar-refractivity contribution >= 4 is 52.2 Å². The van der Waals surface area contributed by atoms with Crippen LogP contribution in [0.3, 0.4) is 0 Å². The third-order valence-corrected chi connectivity index (χ3v) is 5.62. The van der Waals surface area contributed by atoms with Gasteiger partial charge in [0.15, 0.2) is 5.96 Å². The van der Waals surface area contributed by atoms with Gasteiger partial charge in [0.2, 0.25) is 0 Å². The second-order valence-electron chi connectivity index (χ2n) is 6.39. The molecule has 1 aromatic carbocycles. The van der Waals surface area contributed by atoms with Crippen molar-refractivity contribution in [1.29, 1.82) is 0 Å². The number of halogens is 2. The van der Waals surface area contributed by atoms with E-state index in [-0.39, 0.29) is 29.8 Å². The fraction of sp³-hybridized carbons (Fsp3) is 0.400. The summed E-state index contributed by atoms with van der Waals surface area (Å²) in [7, 11) is 1.76. The number of aliphatic imine (C=N–C) groups is 1. The number of hydrogen-bond acceptors (Lipinski definition) is 3. The molecule has 0 unspecified atom stereocenters. The fourth-order valence-corrected chi connectivity index (χ4v) is 4.13. The third kappa shape index (κ3) is 5.66. The van der Waals surface area contributed by atoms with E-state index in [4.69, 9.17) is 0 Å². The van der Waals surface area contributed by atoms with E-state index in [0.717, 1.165) is 59.8 Å². The first-order valence-electron chi connectivity index (χ1n) is 9.26. The molecule has 0 saturated heterocycles. The largest absolute Gasteiger partial charge is 0.361 e. The van der Waals surface area contributed by atoms with Crippen molar-refractivity contribution in [3.8, 4) is 0 Å². The maximum atomic E-state index is 13.5. The number of fused-ring (bicyclic) bond motifs is 1. The maximum absolute atomic E-state index is 13.5. The van der Waals surface area contributed by atoms with Crippen LogP contribution < -0.4 is 10.6 Å². The standard InChI is InChI=1S/C20H26FN5S.HI/c1-4-17-13(2)27-19(26-17)8-10-24-20(22-3)23-9-7-14-12-25-18-6-5-15(21)11-16(14)18;/h5-6,11-12,25H,4,7-10H2,1-3H3,(H2,22,23,24);1H. The normalized spacial score (nSPS) is 11.5. The second-order valence-corrected chi connectivity index (χ2v) is 7.68. The van der Waals surface area contributed by atoms with Crippen molar-refractivity contribution in [1.82, 2.24) is 20.6 Å². The second kappa shape index (κ2) is 10.8. The summed E-state index contributed by atoms with van der Waals surface area (Å²) in [5, 5.41) is 8.74. The Bertz CT molecular complexity index is 934. The third-order valence-electron chi connectivity index (χ3n) is 4.54. The van der Waals surface area contributed by atoms with Gasteiger partial charge in [-0.3, -0.25) is 4.99 Å². The quantitative estimate of drug-likeness (QED) is 0.251. The molecule has 0 amide bonds. The molecule has 0 aliphatic carbocycles. The zero-order valence-corrected chi connectivity index (χ0v) is 19.6. The Balaban J connectivity index is 0.00000280. The molecule has 0 radical (unpaired) electrons. The topological polar surface area (TPSA) is 65.1 Å². The zero-order valence-electron chi connectivity index (χ0n) is 16.4. The lowest BCUT2D eigenvalue weighted by molar-refractivity contribution is 0.629. The highest BCUT2D eigenvalue weighted by molar-refractivity contribution is 14.0. The number of aromatic nitrogens is 2. The lowest BCUT2D eigenvalue weighted by atomic mass is 10.1. The van der Waals surface area contributed by atoms with Gasteiger partial charge >= 0.3 is 0 Å². The minimum atomic E-state index is -0.211.